The van der Waals surface area contributed by atoms with Crippen LogP contribution in [0.3, 0.4) is 0 Å². The molecule has 172 valence electrons. The first-order valence-corrected chi connectivity index (χ1v) is 11.7. The van der Waals surface area contributed by atoms with E-state index in [9.17, 15) is 19.5 Å². The van der Waals surface area contributed by atoms with E-state index >= 15 is 0 Å². The Bertz CT molecular complexity index is 1310. The average molecular weight is 449 g/mol. The van der Waals surface area contributed by atoms with Gasteiger partial charge in [0.2, 0.25) is 0 Å². The molecule has 4 heterocycles. The Hall–Kier alpha value is -3.26. The third-order valence-corrected chi connectivity index (χ3v) is 7.21. The highest BCUT2D eigenvalue weighted by atomic mass is 16.4. The Morgan fingerprint density at radius 2 is 1.76 bits per heavy atom. The summed E-state index contributed by atoms with van der Waals surface area (Å²) in [5, 5.41) is 9.33. The number of aromatic nitrogens is 3. The maximum atomic E-state index is 13.9. The minimum Gasteiger partial charge on any atom is -0.480 e. The van der Waals surface area contributed by atoms with Gasteiger partial charge in [-0.3, -0.25) is 23.9 Å². The number of para-hydroxylation sites is 2. The van der Waals surface area contributed by atoms with E-state index in [2.05, 4.69) is 16.8 Å². The van der Waals surface area contributed by atoms with Gasteiger partial charge in [0.25, 0.3) is 11.1 Å². The second-order valence-corrected chi connectivity index (χ2v) is 9.05. The molecular formula is C25H28N4O4. The summed E-state index contributed by atoms with van der Waals surface area (Å²) >= 11 is 0. The van der Waals surface area contributed by atoms with Crippen LogP contribution in [0.2, 0.25) is 0 Å². The summed E-state index contributed by atoms with van der Waals surface area (Å²) in [6.45, 7) is 2.70. The third kappa shape index (κ3) is 3.78. The van der Waals surface area contributed by atoms with Crippen molar-refractivity contribution in [3.05, 3.63) is 63.2 Å². The van der Waals surface area contributed by atoms with E-state index in [0.29, 0.717) is 17.6 Å². The van der Waals surface area contributed by atoms with Crippen molar-refractivity contribution in [2.24, 2.45) is 0 Å². The predicted octanol–water partition coefficient (Wildman–Crippen LogP) is 2.89. The van der Waals surface area contributed by atoms with Crippen LogP contribution in [0.4, 0.5) is 0 Å². The second-order valence-electron chi connectivity index (χ2n) is 9.05. The van der Waals surface area contributed by atoms with Crippen molar-refractivity contribution >= 4 is 17.0 Å². The average Bonchev–Trinajstić information content (AvgIpc) is 2.79. The lowest BCUT2D eigenvalue weighted by molar-refractivity contribution is -0.137. The third-order valence-electron chi connectivity index (χ3n) is 7.21. The molecule has 0 amide bonds. The summed E-state index contributed by atoms with van der Waals surface area (Å²) in [7, 11) is 0. The zero-order valence-corrected chi connectivity index (χ0v) is 18.7. The van der Waals surface area contributed by atoms with Crippen LogP contribution in [0.1, 0.15) is 45.1 Å². The van der Waals surface area contributed by atoms with Crippen molar-refractivity contribution in [3.8, 4) is 11.4 Å². The minimum absolute atomic E-state index is 0.0330. The van der Waals surface area contributed by atoms with Crippen LogP contribution >= 0.6 is 0 Å². The first kappa shape index (κ1) is 21.6. The number of hydrogen-bond acceptors (Lipinski definition) is 5. The van der Waals surface area contributed by atoms with E-state index in [-0.39, 0.29) is 23.0 Å². The van der Waals surface area contributed by atoms with Gasteiger partial charge in [-0.1, -0.05) is 31.5 Å². The molecule has 3 aromatic rings. The highest BCUT2D eigenvalue weighted by Crippen LogP contribution is 2.39. The standard InChI is InChI=1S/C25H28N4O4/c1-2-27-16-7-5-8-17(27)14-18(13-16)29-20-10-4-3-9-19(20)26-24(25(29)33)21-11-6-12-22(30)28(21)15-23(31)32/h3-4,6,9-12,16-18H,2,5,7-8,13-15H2,1H3,(H,31,32). The number of carboxylic acids is 1. The van der Waals surface area contributed by atoms with Crippen LogP contribution in [0.15, 0.2) is 52.1 Å². The summed E-state index contributed by atoms with van der Waals surface area (Å²) < 4.78 is 2.97. The molecule has 2 aliphatic rings. The van der Waals surface area contributed by atoms with Crippen molar-refractivity contribution in [1.29, 1.82) is 0 Å². The molecule has 1 aromatic carbocycles. The molecule has 5 rings (SSSR count). The lowest BCUT2D eigenvalue weighted by atomic mass is 9.81. The van der Waals surface area contributed by atoms with Crippen LogP contribution in [-0.4, -0.2) is 48.7 Å². The molecule has 2 aliphatic heterocycles. The van der Waals surface area contributed by atoms with Crippen molar-refractivity contribution in [2.75, 3.05) is 6.54 Å². The van der Waals surface area contributed by atoms with Crippen LogP contribution in [-0.2, 0) is 11.3 Å². The SMILES string of the molecule is CCN1C2CCCC1CC(n1c(=O)c(-c3cccc(=O)n3CC(=O)O)nc3ccccc31)C2. The first-order chi connectivity index (χ1) is 16.0. The zero-order chi connectivity index (χ0) is 23.1. The monoisotopic (exact) mass is 448 g/mol. The van der Waals surface area contributed by atoms with Gasteiger partial charge in [0, 0.05) is 24.2 Å². The van der Waals surface area contributed by atoms with Gasteiger partial charge in [-0.25, -0.2) is 4.98 Å². The zero-order valence-electron chi connectivity index (χ0n) is 18.7. The highest BCUT2D eigenvalue weighted by Gasteiger charge is 2.39. The fourth-order valence-corrected chi connectivity index (χ4v) is 5.89. The van der Waals surface area contributed by atoms with Crippen LogP contribution in [0.25, 0.3) is 22.4 Å². The van der Waals surface area contributed by atoms with Gasteiger partial charge in [0.1, 0.15) is 6.54 Å². The Morgan fingerprint density at radius 3 is 2.45 bits per heavy atom. The summed E-state index contributed by atoms with van der Waals surface area (Å²) in [6.07, 6.45) is 5.30. The maximum absolute atomic E-state index is 13.9. The molecule has 2 saturated heterocycles. The first-order valence-electron chi connectivity index (χ1n) is 11.7. The van der Waals surface area contributed by atoms with E-state index in [4.69, 9.17) is 0 Å². The molecule has 1 N–H and O–H groups in total. The number of piperidine rings is 2. The molecule has 0 radical (unpaired) electrons. The van der Waals surface area contributed by atoms with E-state index in [1.807, 2.05) is 28.8 Å². The topological polar surface area (TPSA) is 97.4 Å². The number of nitrogens with zero attached hydrogens (tertiary/aromatic N) is 4. The van der Waals surface area contributed by atoms with Crippen LogP contribution < -0.4 is 11.1 Å². The molecule has 33 heavy (non-hydrogen) atoms. The van der Waals surface area contributed by atoms with Gasteiger partial charge in [-0.05, 0) is 50.4 Å². The van der Waals surface area contributed by atoms with E-state index in [0.717, 1.165) is 42.3 Å². The van der Waals surface area contributed by atoms with Gasteiger partial charge in [0.05, 0.1) is 16.7 Å². The van der Waals surface area contributed by atoms with Gasteiger partial charge < -0.3 is 9.67 Å². The van der Waals surface area contributed by atoms with E-state index in [1.165, 1.54) is 12.5 Å². The fraction of sp³-hybridized carbons (Fsp3) is 0.440. The summed E-state index contributed by atoms with van der Waals surface area (Å²) in [5.41, 5.74) is 1.06. The molecule has 2 unspecified atom stereocenters. The molecule has 0 saturated carbocycles. The number of rotatable bonds is 5. The number of fused-ring (bicyclic) bond motifs is 3. The number of carboxylic acid groups (broad SMARTS) is 1. The maximum Gasteiger partial charge on any atom is 0.323 e. The molecule has 8 nitrogen and oxygen atoms in total. The van der Waals surface area contributed by atoms with Crippen molar-refractivity contribution < 1.29 is 9.90 Å². The summed E-state index contributed by atoms with van der Waals surface area (Å²) in [6, 6.07) is 12.9. The fourth-order valence-electron chi connectivity index (χ4n) is 5.89. The van der Waals surface area contributed by atoms with Crippen LogP contribution in [0.5, 0.6) is 0 Å². The molecule has 2 atom stereocenters. The van der Waals surface area contributed by atoms with E-state index < -0.39 is 18.1 Å². The lowest BCUT2D eigenvalue weighted by Gasteiger charge is -2.49. The quantitative estimate of drug-likeness (QED) is 0.645. The second kappa shape index (κ2) is 8.59. The highest BCUT2D eigenvalue weighted by molar-refractivity contribution is 5.78. The molecule has 0 aliphatic carbocycles. The van der Waals surface area contributed by atoms with Gasteiger partial charge >= 0.3 is 5.97 Å². The Balaban J connectivity index is 1.70. The smallest absolute Gasteiger partial charge is 0.323 e. The molecule has 2 aromatic heterocycles. The number of benzene rings is 1. The normalized spacial score (nSPS) is 23.0. The van der Waals surface area contributed by atoms with Crippen LogP contribution in [0, 0.1) is 0 Å². The van der Waals surface area contributed by atoms with Gasteiger partial charge in [0.15, 0.2) is 5.69 Å². The Kier molecular flexibility index (Phi) is 5.62. The number of pyridine rings is 1. The largest absolute Gasteiger partial charge is 0.480 e. The minimum atomic E-state index is -1.15. The predicted molar refractivity (Wildman–Crippen MR) is 125 cm³/mol. The molecule has 2 bridgehead atoms. The van der Waals surface area contributed by atoms with Crippen molar-refractivity contribution in [1.82, 2.24) is 19.0 Å². The summed E-state index contributed by atoms with van der Waals surface area (Å²) in [4.78, 5) is 45.0. The molecule has 8 heteroatoms. The number of carbonyl (C=O) groups is 1. The van der Waals surface area contributed by atoms with Crippen molar-refractivity contribution in [3.63, 3.8) is 0 Å². The summed E-state index contributed by atoms with van der Waals surface area (Å²) in [5.74, 6) is -1.15. The van der Waals surface area contributed by atoms with Gasteiger partial charge in [-0.15, -0.1) is 0 Å². The van der Waals surface area contributed by atoms with Gasteiger partial charge in [-0.2, -0.15) is 0 Å². The molecular weight excluding hydrogens is 420 g/mol. The number of hydrogen-bond donors (Lipinski definition) is 1. The Morgan fingerprint density at radius 1 is 1.03 bits per heavy atom. The number of aliphatic carboxylic acids is 1. The Labute approximate surface area is 191 Å². The molecule has 2 fully saturated rings. The van der Waals surface area contributed by atoms with E-state index in [1.54, 1.807) is 12.1 Å². The molecule has 0 spiro atoms. The van der Waals surface area contributed by atoms with Crippen molar-refractivity contribution in [2.45, 2.75) is 63.7 Å². The lowest BCUT2D eigenvalue weighted by Crippen LogP contribution is -2.53.